The Morgan fingerprint density at radius 2 is 1.97 bits per heavy atom. The van der Waals surface area contributed by atoms with Crippen molar-refractivity contribution >= 4 is 5.91 Å². The summed E-state index contributed by atoms with van der Waals surface area (Å²) in [5, 5.41) is 10.0. The van der Waals surface area contributed by atoms with E-state index in [4.69, 9.17) is 4.74 Å². The van der Waals surface area contributed by atoms with E-state index in [0.29, 0.717) is 31.8 Å². The summed E-state index contributed by atoms with van der Waals surface area (Å²) >= 11 is 0. The van der Waals surface area contributed by atoms with Crippen LogP contribution in [0.1, 0.15) is 24.2 Å². The zero-order valence-electron chi connectivity index (χ0n) is 18.7. The molecule has 1 fully saturated rings. The molecule has 1 aliphatic rings. The molecule has 0 aliphatic carbocycles. The predicted octanol–water partition coefficient (Wildman–Crippen LogP) is 2.90. The molecule has 0 saturated carbocycles. The highest BCUT2D eigenvalue weighted by Gasteiger charge is 2.41. The maximum Gasteiger partial charge on any atom is 0.330 e. The molecule has 0 spiro atoms. The van der Waals surface area contributed by atoms with E-state index >= 15 is 0 Å². The third-order valence-electron chi connectivity index (χ3n) is 5.00. The summed E-state index contributed by atoms with van der Waals surface area (Å²) in [5.74, 6) is -4.77. The molecule has 1 amide bonds. The van der Waals surface area contributed by atoms with Crippen LogP contribution in [0.25, 0.3) is 0 Å². The smallest absolute Gasteiger partial charge is 0.330 e. The Bertz CT molecular complexity index is 736. The second-order valence-electron chi connectivity index (χ2n) is 8.59. The molecule has 0 unspecified atom stereocenters. The van der Waals surface area contributed by atoms with Crippen molar-refractivity contribution in [2.24, 2.45) is 5.92 Å². The van der Waals surface area contributed by atoms with Gasteiger partial charge in [0.1, 0.15) is 12.4 Å². The number of aliphatic hydroxyl groups excluding tert-OH is 1. The number of benzene rings is 1. The first-order valence-corrected chi connectivity index (χ1v) is 10.8. The summed E-state index contributed by atoms with van der Waals surface area (Å²) in [7, 11) is 0. The maximum absolute atomic E-state index is 13.2. The van der Waals surface area contributed by atoms with E-state index in [2.05, 4.69) is 4.74 Å². The van der Waals surface area contributed by atoms with Gasteiger partial charge < -0.3 is 19.5 Å². The fourth-order valence-electron chi connectivity index (χ4n) is 3.50. The molecule has 1 heterocycles. The van der Waals surface area contributed by atoms with Crippen LogP contribution in [0.15, 0.2) is 24.3 Å². The highest BCUT2D eigenvalue weighted by atomic mass is 19.3. The summed E-state index contributed by atoms with van der Waals surface area (Å²) in [4.78, 5) is 16.4. The molecule has 11 heteroatoms. The molecular formula is C22H31F5N2O4. The van der Waals surface area contributed by atoms with Gasteiger partial charge >= 0.3 is 12.3 Å². The summed E-state index contributed by atoms with van der Waals surface area (Å²) < 4.78 is 73.6. The van der Waals surface area contributed by atoms with Crippen LogP contribution in [-0.2, 0) is 9.47 Å². The van der Waals surface area contributed by atoms with Gasteiger partial charge in [-0.1, -0.05) is 13.8 Å². The molecule has 1 aliphatic heterocycles. The van der Waals surface area contributed by atoms with Crippen molar-refractivity contribution in [3.63, 3.8) is 0 Å². The average molecular weight is 482 g/mol. The molecule has 0 radical (unpaired) electrons. The number of carbonyl (C=O) groups excluding carboxylic acids is 1. The molecule has 1 aromatic carbocycles. The van der Waals surface area contributed by atoms with Crippen LogP contribution in [0, 0.1) is 11.7 Å². The first kappa shape index (κ1) is 27.4. The molecule has 2 rings (SSSR count). The van der Waals surface area contributed by atoms with Gasteiger partial charge in [-0.05, 0) is 30.2 Å². The number of hydrogen-bond donors (Lipinski definition) is 1. The van der Waals surface area contributed by atoms with Gasteiger partial charge in [-0.25, -0.2) is 13.2 Å². The van der Waals surface area contributed by atoms with Crippen LogP contribution in [0.4, 0.5) is 22.0 Å². The molecular weight excluding hydrogens is 451 g/mol. The number of β-amino-alcohol motifs (C(OH)–C–C–N with tert-alkyl or cyclic N) is 1. The molecule has 2 atom stereocenters. The Balaban J connectivity index is 1.88. The number of rotatable bonds is 12. The third-order valence-corrected chi connectivity index (χ3v) is 5.00. The van der Waals surface area contributed by atoms with Crippen LogP contribution in [-0.4, -0.2) is 97.9 Å². The number of nitrogens with zero attached hydrogens (tertiary/aromatic N) is 2. The summed E-state index contributed by atoms with van der Waals surface area (Å²) in [5.41, 5.74) is 0.359. The molecule has 33 heavy (non-hydrogen) atoms. The quantitative estimate of drug-likeness (QED) is 0.465. The number of halogens is 5. The zero-order chi connectivity index (χ0) is 24.6. The number of amides is 1. The van der Waals surface area contributed by atoms with Gasteiger partial charge in [0.05, 0.1) is 25.4 Å². The fraction of sp³-hybridized carbons (Fsp3) is 0.682. The molecule has 6 nitrogen and oxygen atoms in total. The number of carbonyl (C=O) groups is 1. The van der Waals surface area contributed by atoms with Crippen molar-refractivity contribution in [3.05, 3.63) is 35.6 Å². The van der Waals surface area contributed by atoms with E-state index in [1.807, 2.05) is 18.7 Å². The second kappa shape index (κ2) is 12.6. The number of morpholine rings is 1. The Morgan fingerprint density at radius 1 is 1.30 bits per heavy atom. The van der Waals surface area contributed by atoms with Crippen molar-refractivity contribution in [2.45, 2.75) is 38.4 Å². The average Bonchev–Trinajstić information content (AvgIpc) is 2.73. The van der Waals surface area contributed by atoms with Gasteiger partial charge in [0.2, 0.25) is 0 Å². The SMILES string of the molecule is CC(C)CN(C[C@H]1CN(C[C@@H](O)COCC(F)(F)C(F)F)CCO1)C(=O)c1ccc(F)cc1. The van der Waals surface area contributed by atoms with Crippen molar-refractivity contribution in [1.82, 2.24) is 9.80 Å². The number of hydrogen-bond acceptors (Lipinski definition) is 5. The van der Waals surface area contributed by atoms with Crippen LogP contribution < -0.4 is 0 Å². The van der Waals surface area contributed by atoms with E-state index < -0.39 is 37.5 Å². The first-order chi connectivity index (χ1) is 15.5. The van der Waals surface area contributed by atoms with Crippen molar-refractivity contribution in [2.75, 3.05) is 52.5 Å². The van der Waals surface area contributed by atoms with Gasteiger partial charge in [-0.3, -0.25) is 9.69 Å². The molecule has 188 valence electrons. The predicted molar refractivity (Wildman–Crippen MR) is 111 cm³/mol. The monoisotopic (exact) mass is 482 g/mol. The second-order valence-corrected chi connectivity index (χ2v) is 8.59. The van der Waals surface area contributed by atoms with E-state index in [9.17, 15) is 31.9 Å². The molecule has 1 aromatic rings. The lowest BCUT2D eigenvalue weighted by Gasteiger charge is -2.37. The lowest BCUT2D eigenvalue weighted by Crippen LogP contribution is -2.51. The normalized spacial score (nSPS) is 18.7. The van der Waals surface area contributed by atoms with E-state index in [-0.39, 0.29) is 31.0 Å². The lowest BCUT2D eigenvalue weighted by molar-refractivity contribution is -0.171. The fourth-order valence-corrected chi connectivity index (χ4v) is 3.50. The Morgan fingerprint density at radius 3 is 2.58 bits per heavy atom. The molecule has 1 saturated heterocycles. The van der Waals surface area contributed by atoms with Crippen LogP contribution in [0.3, 0.4) is 0 Å². The van der Waals surface area contributed by atoms with Gasteiger partial charge in [0.25, 0.3) is 5.91 Å². The highest BCUT2D eigenvalue weighted by molar-refractivity contribution is 5.94. The van der Waals surface area contributed by atoms with Crippen LogP contribution >= 0.6 is 0 Å². The largest absolute Gasteiger partial charge is 0.389 e. The van der Waals surface area contributed by atoms with Gasteiger partial charge in [-0.2, -0.15) is 8.78 Å². The molecule has 1 N–H and O–H groups in total. The number of alkyl halides is 4. The number of ether oxygens (including phenoxy) is 2. The Labute approximate surface area is 190 Å². The molecule has 0 aromatic heterocycles. The van der Waals surface area contributed by atoms with Crippen molar-refractivity contribution in [1.29, 1.82) is 0 Å². The van der Waals surface area contributed by atoms with Gasteiger partial charge in [0, 0.05) is 38.3 Å². The minimum absolute atomic E-state index is 0.0796. The summed E-state index contributed by atoms with van der Waals surface area (Å²) in [6.07, 6.45) is -5.34. The van der Waals surface area contributed by atoms with Crippen LogP contribution in [0.2, 0.25) is 0 Å². The summed E-state index contributed by atoms with van der Waals surface area (Å²) in [6.45, 7) is 3.95. The lowest BCUT2D eigenvalue weighted by atomic mass is 10.1. The van der Waals surface area contributed by atoms with E-state index in [1.165, 1.54) is 24.3 Å². The van der Waals surface area contributed by atoms with Gasteiger partial charge in [0.15, 0.2) is 0 Å². The summed E-state index contributed by atoms with van der Waals surface area (Å²) in [6, 6.07) is 5.29. The van der Waals surface area contributed by atoms with E-state index in [1.54, 1.807) is 4.90 Å². The minimum atomic E-state index is -4.26. The van der Waals surface area contributed by atoms with Gasteiger partial charge in [-0.15, -0.1) is 0 Å². The highest BCUT2D eigenvalue weighted by Crippen LogP contribution is 2.23. The first-order valence-electron chi connectivity index (χ1n) is 10.8. The zero-order valence-corrected chi connectivity index (χ0v) is 18.7. The minimum Gasteiger partial charge on any atom is -0.389 e. The Kier molecular flexibility index (Phi) is 10.5. The topological polar surface area (TPSA) is 62.2 Å². The molecule has 0 bridgehead atoms. The third kappa shape index (κ3) is 9.15. The Hall–Kier alpha value is -1.82. The van der Waals surface area contributed by atoms with E-state index in [0.717, 1.165) is 0 Å². The maximum atomic E-state index is 13.2. The van der Waals surface area contributed by atoms with Crippen LogP contribution in [0.5, 0.6) is 0 Å². The van der Waals surface area contributed by atoms with Crippen molar-refractivity contribution in [3.8, 4) is 0 Å². The van der Waals surface area contributed by atoms with Crippen molar-refractivity contribution < 1.29 is 41.3 Å². The standard InChI is InChI=1S/C22H31F5N2O4/c1-15(2)9-29(20(31)16-3-5-17(23)6-4-16)12-19-11-28(7-8-33-19)10-18(30)13-32-14-22(26,27)21(24)25/h3-6,15,18-19,21,30H,7-14H2,1-2H3/t18-,19-/m1/s1. The number of aliphatic hydroxyl groups is 1.